The van der Waals surface area contributed by atoms with Gasteiger partial charge in [0.1, 0.15) is 5.60 Å². The fraction of sp³-hybridized carbons (Fsp3) is 0.579. The molecule has 2 aromatic rings. The summed E-state index contributed by atoms with van der Waals surface area (Å²) in [4.78, 5) is 11.1. The summed E-state index contributed by atoms with van der Waals surface area (Å²) in [5.74, 6) is -0.454. The van der Waals surface area contributed by atoms with Crippen molar-refractivity contribution < 1.29 is 27.1 Å². The maximum atomic E-state index is 13.9. The standard InChI is InChI=1S/C14H18FN5O3S.C5H10O2/c1-24(21,22)11-2-3-13(12(15)8-11)23-9-14-17-19-20(18-14)10-4-6-16-7-5-10;1-5(2,3)7-4-6/h2-3,8,10,16H,4-7,9H2,1H3;4H,1-3H3. The zero-order chi connectivity index (χ0) is 23.1. The van der Waals surface area contributed by atoms with Crippen LogP contribution in [0.1, 0.15) is 45.5 Å². The Labute approximate surface area is 181 Å². The molecule has 1 aliphatic heterocycles. The minimum absolute atomic E-state index is 0.0416. The molecule has 1 aromatic heterocycles. The van der Waals surface area contributed by atoms with E-state index in [1.54, 1.807) is 4.80 Å². The summed E-state index contributed by atoms with van der Waals surface area (Å²) in [6.45, 7) is 7.70. The van der Waals surface area contributed by atoms with E-state index >= 15 is 0 Å². The van der Waals surface area contributed by atoms with E-state index in [1.165, 1.54) is 12.1 Å². The molecule has 12 heteroatoms. The molecule has 2 heterocycles. The quantitative estimate of drug-likeness (QED) is 0.645. The Morgan fingerprint density at radius 1 is 1.29 bits per heavy atom. The first-order valence-corrected chi connectivity index (χ1v) is 11.6. The average molecular weight is 458 g/mol. The lowest BCUT2D eigenvalue weighted by atomic mass is 10.1. The Bertz CT molecular complexity index is 968. The van der Waals surface area contributed by atoms with Crippen molar-refractivity contribution in [3.8, 4) is 5.75 Å². The van der Waals surface area contributed by atoms with Crippen LogP contribution in [0.2, 0.25) is 0 Å². The number of carbonyl (C=O) groups excluding carboxylic acids is 1. The van der Waals surface area contributed by atoms with Crippen molar-refractivity contribution in [2.24, 2.45) is 0 Å². The Balaban J connectivity index is 0.000000423. The van der Waals surface area contributed by atoms with Crippen molar-refractivity contribution in [1.29, 1.82) is 0 Å². The fourth-order valence-corrected chi connectivity index (χ4v) is 3.25. The van der Waals surface area contributed by atoms with Gasteiger partial charge >= 0.3 is 0 Å². The predicted octanol–water partition coefficient (Wildman–Crippen LogP) is 1.68. The maximum Gasteiger partial charge on any atom is 0.293 e. The third kappa shape index (κ3) is 8.21. The lowest BCUT2D eigenvalue weighted by molar-refractivity contribution is -0.138. The highest BCUT2D eigenvalue weighted by molar-refractivity contribution is 7.90. The van der Waals surface area contributed by atoms with Gasteiger partial charge in [0.05, 0.1) is 10.9 Å². The zero-order valence-corrected chi connectivity index (χ0v) is 18.9. The van der Waals surface area contributed by atoms with Gasteiger partial charge < -0.3 is 14.8 Å². The smallest absolute Gasteiger partial charge is 0.293 e. The van der Waals surface area contributed by atoms with Gasteiger partial charge in [-0.2, -0.15) is 4.80 Å². The minimum Gasteiger partial charge on any atom is -0.482 e. The van der Waals surface area contributed by atoms with Gasteiger partial charge in [0.15, 0.2) is 28.0 Å². The number of piperidine rings is 1. The molecule has 1 aliphatic rings. The number of sulfone groups is 1. The molecule has 3 rings (SSSR count). The lowest BCUT2D eigenvalue weighted by Gasteiger charge is -2.20. The summed E-state index contributed by atoms with van der Waals surface area (Å²) in [5.41, 5.74) is -0.318. The Kier molecular flexibility index (Phi) is 8.45. The van der Waals surface area contributed by atoms with Gasteiger partial charge in [-0.05, 0) is 70.1 Å². The number of benzene rings is 1. The first-order valence-electron chi connectivity index (χ1n) is 9.72. The van der Waals surface area contributed by atoms with Crippen LogP contribution in [0.5, 0.6) is 5.75 Å². The number of nitrogens with one attached hydrogen (secondary N) is 1. The zero-order valence-electron chi connectivity index (χ0n) is 18.0. The molecule has 0 spiro atoms. The van der Waals surface area contributed by atoms with Gasteiger partial charge in [0.2, 0.25) is 5.82 Å². The van der Waals surface area contributed by atoms with Gasteiger partial charge in [-0.15, -0.1) is 10.2 Å². The topological polar surface area (TPSA) is 125 Å². The van der Waals surface area contributed by atoms with E-state index in [0.29, 0.717) is 12.3 Å². The molecule has 1 N–H and O–H groups in total. The number of aromatic nitrogens is 4. The highest BCUT2D eigenvalue weighted by atomic mass is 32.2. The summed E-state index contributed by atoms with van der Waals surface area (Å²) >= 11 is 0. The van der Waals surface area contributed by atoms with Crippen molar-refractivity contribution in [3.63, 3.8) is 0 Å². The predicted molar refractivity (Wildman–Crippen MR) is 110 cm³/mol. The van der Waals surface area contributed by atoms with E-state index in [2.05, 4.69) is 25.5 Å². The van der Waals surface area contributed by atoms with E-state index < -0.39 is 15.7 Å². The van der Waals surface area contributed by atoms with Crippen LogP contribution in [-0.4, -0.2) is 60.0 Å². The molecule has 0 radical (unpaired) electrons. The molecule has 0 bridgehead atoms. The van der Waals surface area contributed by atoms with Crippen LogP contribution >= 0.6 is 0 Å². The van der Waals surface area contributed by atoms with E-state index in [1.807, 2.05) is 20.8 Å². The van der Waals surface area contributed by atoms with Crippen molar-refractivity contribution in [2.45, 2.75) is 56.8 Å². The molecule has 0 amide bonds. The van der Waals surface area contributed by atoms with Crippen LogP contribution in [0.15, 0.2) is 23.1 Å². The van der Waals surface area contributed by atoms with Crippen LogP contribution in [0, 0.1) is 5.82 Å². The van der Waals surface area contributed by atoms with E-state index in [4.69, 9.17) is 4.74 Å². The van der Waals surface area contributed by atoms with Crippen LogP contribution in [0.4, 0.5) is 4.39 Å². The second-order valence-corrected chi connectivity index (χ2v) is 10.0. The van der Waals surface area contributed by atoms with Gasteiger partial charge in [-0.1, -0.05) is 0 Å². The molecular weight excluding hydrogens is 429 g/mol. The number of hydrogen-bond acceptors (Lipinski definition) is 9. The molecule has 0 aliphatic carbocycles. The van der Waals surface area contributed by atoms with Gasteiger partial charge in [-0.25, -0.2) is 12.8 Å². The molecule has 0 unspecified atom stereocenters. The minimum atomic E-state index is -3.46. The van der Waals surface area contributed by atoms with Crippen molar-refractivity contribution in [2.75, 3.05) is 19.3 Å². The first kappa shape index (κ1) is 24.7. The molecule has 1 aromatic carbocycles. The fourth-order valence-electron chi connectivity index (χ4n) is 2.62. The second kappa shape index (κ2) is 10.6. The van der Waals surface area contributed by atoms with Crippen molar-refractivity contribution >= 4 is 16.3 Å². The molecule has 0 atom stereocenters. The van der Waals surface area contributed by atoms with E-state index in [0.717, 1.165) is 38.3 Å². The average Bonchev–Trinajstić information content (AvgIpc) is 3.15. The summed E-state index contributed by atoms with van der Waals surface area (Å²) in [6.07, 6.45) is 2.88. The largest absolute Gasteiger partial charge is 0.482 e. The number of halogens is 1. The summed E-state index contributed by atoms with van der Waals surface area (Å²) < 4.78 is 46.6. The van der Waals surface area contributed by atoms with Gasteiger partial charge in [0.25, 0.3) is 6.47 Å². The van der Waals surface area contributed by atoms with E-state index in [-0.39, 0.29) is 28.9 Å². The number of carbonyl (C=O) groups is 1. The molecule has 1 saturated heterocycles. The Morgan fingerprint density at radius 3 is 2.48 bits per heavy atom. The molecule has 10 nitrogen and oxygen atoms in total. The number of nitrogens with zero attached hydrogens (tertiary/aromatic N) is 4. The third-order valence-electron chi connectivity index (χ3n) is 4.19. The van der Waals surface area contributed by atoms with Crippen molar-refractivity contribution in [3.05, 3.63) is 29.8 Å². The number of hydrogen-bond donors (Lipinski definition) is 1. The highest BCUT2D eigenvalue weighted by Crippen LogP contribution is 2.22. The molecule has 172 valence electrons. The molecule has 0 saturated carbocycles. The SMILES string of the molecule is CC(C)(C)OC=O.CS(=O)(=O)c1ccc(OCc2nnn(C3CCNCC3)n2)c(F)c1. The first-order chi connectivity index (χ1) is 14.5. The third-order valence-corrected chi connectivity index (χ3v) is 5.31. The van der Waals surface area contributed by atoms with Crippen LogP contribution in [-0.2, 0) is 26.0 Å². The molecule has 31 heavy (non-hydrogen) atoms. The molecular formula is C19H28FN5O5S. The van der Waals surface area contributed by atoms with Crippen LogP contribution in [0.25, 0.3) is 0 Å². The van der Waals surface area contributed by atoms with E-state index in [9.17, 15) is 17.6 Å². The van der Waals surface area contributed by atoms with Crippen LogP contribution in [0.3, 0.4) is 0 Å². The summed E-state index contributed by atoms with van der Waals surface area (Å²) in [5, 5.41) is 15.4. The van der Waals surface area contributed by atoms with Gasteiger partial charge in [0, 0.05) is 6.26 Å². The van der Waals surface area contributed by atoms with Gasteiger partial charge in [-0.3, -0.25) is 4.79 Å². The Morgan fingerprint density at radius 2 is 1.97 bits per heavy atom. The monoisotopic (exact) mass is 457 g/mol. The van der Waals surface area contributed by atoms with Crippen LogP contribution < -0.4 is 10.1 Å². The highest BCUT2D eigenvalue weighted by Gasteiger charge is 2.18. The second-order valence-electron chi connectivity index (χ2n) is 7.99. The maximum absolute atomic E-state index is 13.9. The normalized spacial score (nSPS) is 15.0. The number of tetrazole rings is 1. The summed E-state index contributed by atoms with van der Waals surface area (Å²) in [7, 11) is -3.46. The Hall–Kier alpha value is -2.60. The molecule has 1 fully saturated rings. The number of rotatable bonds is 6. The van der Waals surface area contributed by atoms with Crippen molar-refractivity contribution in [1.82, 2.24) is 25.5 Å². The lowest BCUT2D eigenvalue weighted by Crippen LogP contribution is -2.30. The number of ether oxygens (including phenoxy) is 2. The summed E-state index contributed by atoms with van der Waals surface area (Å²) in [6, 6.07) is 3.72.